The molecule has 0 fully saturated rings. The van der Waals surface area contributed by atoms with Crippen molar-refractivity contribution < 1.29 is 9.21 Å². The SMILES string of the molecule is Cc1nc(NC(=O)[C@H](C)Nc2ccc3c(c2)oc(=O)n3C)sc1C. The maximum atomic E-state index is 12.3. The van der Waals surface area contributed by atoms with Crippen LogP contribution in [-0.2, 0) is 11.8 Å². The maximum absolute atomic E-state index is 12.3. The van der Waals surface area contributed by atoms with E-state index in [1.54, 1.807) is 32.2 Å². The Morgan fingerprint density at radius 3 is 2.79 bits per heavy atom. The van der Waals surface area contributed by atoms with Crippen LogP contribution < -0.4 is 16.4 Å². The van der Waals surface area contributed by atoms with Crippen LogP contribution in [0.4, 0.5) is 10.8 Å². The molecule has 1 aromatic carbocycles. The summed E-state index contributed by atoms with van der Waals surface area (Å²) in [6.07, 6.45) is 0. The summed E-state index contributed by atoms with van der Waals surface area (Å²) in [6.45, 7) is 5.63. The van der Waals surface area contributed by atoms with Gasteiger partial charge in [-0.3, -0.25) is 9.36 Å². The van der Waals surface area contributed by atoms with Crippen molar-refractivity contribution in [3.8, 4) is 0 Å². The molecule has 0 aliphatic rings. The van der Waals surface area contributed by atoms with Crippen molar-refractivity contribution in [1.29, 1.82) is 0 Å². The molecule has 2 N–H and O–H groups in total. The summed E-state index contributed by atoms with van der Waals surface area (Å²) in [5.74, 6) is -0.596. The van der Waals surface area contributed by atoms with E-state index in [-0.39, 0.29) is 5.91 Å². The van der Waals surface area contributed by atoms with Crippen LogP contribution in [0.5, 0.6) is 0 Å². The lowest BCUT2D eigenvalue weighted by molar-refractivity contribution is -0.116. The molecule has 2 heterocycles. The fourth-order valence-corrected chi connectivity index (χ4v) is 3.10. The number of nitrogens with one attached hydrogen (secondary N) is 2. The summed E-state index contributed by atoms with van der Waals surface area (Å²) in [5.41, 5.74) is 2.80. The molecule has 1 amide bonds. The molecule has 24 heavy (non-hydrogen) atoms. The monoisotopic (exact) mass is 346 g/mol. The highest BCUT2D eigenvalue weighted by atomic mass is 32.1. The van der Waals surface area contributed by atoms with Gasteiger partial charge in [0.1, 0.15) is 6.04 Å². The van der Waals surface area contributed by atoms with Gasteiger partial charge in [0, 0.05) is 23.7 Å². The number of benzene rings is 1. The van der Waals surface area contributed by atoms with Gasteiger partial charge in [-0.1, -0.05) is 0 Å². The Balaban J connectivity index is 1.72. The number of carbonyl (C=O) groups is 1. The van der Waals surface area contributed by atoms with Gasteiger partial charge in [0.05, 0.1) is 11.2 Å². The molecule has 0 spiro atoms. The number of amides is 1. The minimum absolute atomic E-state index is 0.182. The van der Waals surface area contributed by atoms with E-state index < -0.39 is 11.8 Å². The van der Waals surface area contributed by atoms with Crippen LogP contribution >= 0.6 is 11.3 Å². The normalized spacial score (nSPS) is 12.3. The molecule has 3 aromatic rings. The van der Waals surface area contributed by atoms with Gasteiger partial charge in [-0.15, -0.1) is 11.3 Å². The lowest BCUT2D eigenvalue weighted by atomic mass is 10.2. The Hall–Kier alpha value is -2.61. The second-order valence-electron chi connectivity index (χ2n) is 5.63. The number of hydrogen-bond acceptors (Lipinski definition) is 6. The van der Waals surface area contributed by atoms with Crippen molar-refractivity contribution in [2.45, 2.75) is 26.8 Å². The van der Waals surface area contributed by atoms with Crippen LogP contribution in [0.1, 0.15) is 17.5 Å². The first-order valence-corrected chi connectivity index (χ1v) is 8.28. The van der Waals surface area contributed by atoms with Crippen LogP contribution in [0.25, 0.3) is 11.1 Å². The first-order chi connectivity index (χ1) is 11.3. The lowest BCUT2D eigenvalue weighted by Crippen LogP contribution is -2.31. The number of fused-ring (bicyclic) bond motifs is 1. The molecule has 0 bridgehead atoms. The van der Waals surface area contributed by atoms with Crippen LogP contribution in [0.15, 0.2) is 27.4 Å². The van der Waals surface area contributed by atoms with Crippen molar-refractivity contribution in [3.63, 3.8) is 0 Å². The van der Waals surface area contributed by atoms with Crippen molar-refractivity contribution in [3.05, 3.63) is 39.3 Å². The molecule has 0 saturated heterocycles. The molecule has 0 saturated carbocycles. The van der Waals surface area contributed by atoms with Crippen molar-refractivity contribution in [2.24, 2.45) is 7.05 Å². The van der Waals surface area contributed by atoms with Gasteiger partial charge in [-0.2, -0.15) is 0 Å². The molecule has 1 atom stereocenters. The zero-order valence-corrected chi connectivity index (χ0v) is 14.7. The number of anilines is 2. The topological polar surface area (TPSA) is 89.2 Å². The number of carbonyl (C=O) groups excluding carboxylic acids is 1. The van der Waals surface area contributed by atoms with Crippen molar-refractivity contribution >= 4 is 39.2 Å². The van der Waals surface area contributed by atoms with Gasteiger partial charge in [-0.25, -0.2) is 9.78 Å². The van der Waals surface area contributed by atoms with Gasteiger partial charge < -0.3 is 15.1 Å². The van der Waals surface area contributed by atoms with Crippen molar-refractivity contribution in [1.82, 2.24) is 9.55 Å². The molecule has 7 nitrogen and oxygen atoms in total. The Labute approximate surface area is 142 Å². The third-order valence-electron chi connectivity index (χ3n) is 3.83. The quantitative estimate of drug-likeness (QED) is 0.758. The zero-order valence-electron chi connectivity index (χ0n) is 13.8. The number of hydrogen-bond donors (Lipinski definition) is 2. The van der Waals surface area contributed by atoms with Gasteiger partial charge in [0.2, 0.25) is 5.91 Å². The summed E-state index contributed by atoms with van der Waals surface area (Å²) in [4.78, 5) is 29.2. The minimum Gasteiger partial charge on any atom is -0.408 e. The highest BCUT2D eigenvalue weighted by Gasteiger charge is 2.16. The highest BCUT2D eigenvalue weighted by molar-refractivity contribution is 7.15. The molecule has 3 rings (SSSR count). The van der Waals surface area contributed by atoms with E-state index in [2.05, 4.69) is 15.6 Å². The van der Waals surface area contributed by atoms with Gasteiger partial charge in [0.25, 0.3) is 0 Å². The molecular formula is C16H18N4O3S. The average Bonchev–Trinajstić information content (AvgIpc) is 2.98. The number of aromatic nitrogens is 2. The Bertz CT molecular complexity index is 950. The summed E-state index contributed by atoms with van der Waals surface area (Å²) < 4.78 is 6.58. The fourth-order valence-electron chi connectivity index (χ4n) is 2.28. The Kier molecular flexibility index (Phi) is 4.15. The fraction of sp³-hybridized carbons (Fsp3) is 0.312. The van der Waals surface area contributed by atoms with E-state index in [0.717, 1.165) is 10.6 Å². The predicted molar refractivity (Wildman–Crippen MR) is 94.8 cm³/mol. The third kappa shape index (κ3) is 3.05. The standard InChI is InChI=1S/C16H18N4O3S/c1-8-10(3)24-15(18-8)19-14(21)9(2)17-11-5-6-12-13(7-11)23-16(22)20(12)4/h5-7,9,17H,1-4H3,(H,18,19,21)/t9-/m0/s1. The van der Waals surface area contributed by atoms with Gasteiger partial charge >= 0.3 is 5.76 Å². The van der Waals surface area contributed by atoms with Crippen LogP contribution in [0, 0.1) is 13.8 Å². The summed E-state index contributed by atoms with van der Waals surface area (Å²) >= 11 is 1.45. The predicted octanol–water partition coefficient (Wildman–Crippen LogP) is 2.64. The molecule has 8 heteroatoms. The second kappa shape index (κ2) is 6.12. The first kappa shape index (κ1) is 16.3. The number of nitrogens with zero attached hydrogens (tertiary/aromatic N) is 2. The number of thiazole rings is 1. The number of oxazole rings is 1. The molecule has 0 aliphatic carbocycles. The second-order valence-corrected chi connectivity index (χ2v) is 6.83. The zero-order chi connectivity index (χ0) is 17.4. The Morgan fingerprint density at radius 1 is 1.38 bits per heavy atom. The molecule has 0 aliphatic heterocycles. The maximum Gasteiger partial charge on any atom is 0.419 e. The van der Waals surface area contributed by atoms with Crippen LogP contribution in [0.2, 0.25) is 0 Å². The lowest BCUT2D eigenvalue weighted by Gasteiger charge is -2.14. The molecule has 126 valence electrons. The van der Waals surface area contributed by atoms with Crippen molar-refractivity contribution in [2.75, 3.05) is 10.6 Å². The molecule has 0 unspecified atom stereocenters. The highest BCUT2D eigenvalue weighted by Crippen LogP contribution is 2.22. The molecule has 0 radical (unpaired) electrons. The average molecular weight is 346 g/mol. The number of rotatable bonds is 4. The van der Waals surface area contributed by atoms with E-state index in [1.807, 2.05) is 13.8 Å². The van der Waals surface area contributed by atoms with E-state index in [1.165, 1.54) is 15.9 Å². The smallest absolute Gasteiger partial charge is 0.408 e. The van der Waals surface area contributed by atoms with E-state index in [9.17, 15) is 9.59 Å². The van der Waals surface area contributed by atoms with Gasteiger partial charge in [-0.05, 0) is 32.9 Å². The van der Waals surface area contributed by atoms with Gasteiger partial charge in [0.15, 0.2) is 10.7 Å². The van der Waals surface area contributed by atoms with E-state index in [0.29, 0.717) is 21.9 Å². The largest absolute Gasteiger partial charge is 0.419 e. The van der Waals surface area contributed by atoms with Crippen LogP contribution in [0.3, 0.4) is 0 Å². The summed E-state index contributed by atoms with van der Waals surface area (Å²) in [5, 5.41) is 6.49. The summed E-state index contributed by atoms with van der Waals surface area (Å²) in [6, 6.07) is 4.82. The van der Waals surface area contributed by atoms with Crippen LogP contribution in [-0.4, -0.2) is 21.5 Å². The number of aryl methyl sites for hydroxylation is 3. The summed E-state index contributed by atoms with van der Waals surface area (Å²) in [7, 11) is 1.65. The van der Waals surface area contributed by atoms with E-state index in [4.69, 9.17) is 4.42 Å². The Morgan fingerprint density at radius 2 is 2.12 bits per heavy atom. The molecule has 2 aromatic heterocycles. The first-order valence-electron chi connectivity index (χ1n) is 7.46. The van der Waals surface area contributed by atoms with E-state index >= 15 is 0 Å². The molecular weight excluding hydrogens is 328 g/mol. The minimum atomic E-state index is -0.470. The third-order valence-corrected chi connectivity index (χ3v) is 4.82.